The lowest BCUT2D eigenvalue weighted by atomic mass is 10.0. The van der Waals surface area contributed by atoms with Gasteiger partial charge in [-0.2, -0.15) is 0 Å². The number of Topliss-reactive ketones (excluding diaryl/α,β-unsaturated/α-hetero) is 1. The number of ketones is 1. The highest BCUT2D eigenvalue weighted by atomic mass is 16.2. The first-order chi connectivity index (χ1) is 12.1. The molecule has 0 aliphatic carbocycles. The SMILES string of the molecule is Cc1ccc(C(=O)C(=O)NC(c2ccccc2)c2ccccn2)cc1. The van der Waals surface area contributed by atoms with Crippen LogP contribution in [-0.4, -0.2) is 16.7 Å². The van der Waals surface area contributed by atoms with Crippen LogP contribution in [0.3, 0.4) is 0 Å². The molecule has 0 saturated heterocycles. The monoisotopic (exact) mass is 330 g/mol. The van der Waals surface area contributed by atoms with Crippen molar-refractivity contribution in [2.24, 2.45) is 0 Å². The van der Waals surface area contributed by atoms with Crippen molar-refractivity contribution in [3.05, 3.63) is 101 Å². The largest absolute Gasteiger partial charge is 0.337 e. The maximum atomic E-state index is 12.5. The van der Waals surface area contributed by atoms with E-state index >= 15 is 0 Å². The summed E-state index contributed by atoms with van der Waals surface area (Å²) in [5.74, 6) is -1.21. The zero-order chi connectivity index (χ0) is 17.6. The Labute approximate surface area is 146 Å². The Hall–Kier alpha value is -3.27. The highest BCUT2D eigenvalue weighted by Gasteiger charge is 2.23. The lowest BCUT2D eigenvalue weighted by molar-refractivity contribution is -0.117. The van der Waals surface area contributed by atoms with Gasteiger partial charge in [-0.15, -0.1) is 0 Å². The lowest BCUT2D eigenvalue weighted by Crippen LogP contribution is -2.35. The van der Waals surface area contributed by atoms with Gasteiger partial charge in [-0.3, -0.25) is 14.6 Å². The summed E-state index contributed by atoms with van der Waals surface area (Å²) in [6.07, 6.45) is 1.67. The molecular formula is C21H18N2O2. The van der Waals surface area contributed by atoms with Crippen molar-refractivity contribution in [3.63, 3.8) is 0 Å². The normalized spacial score (nSPS) is 11.6. The second-order valence-electron chi connectivity index (χ2n) is 5.77. The minimum Gasteiger partial charge on any atom is -0.337 e. The molecule has 0 bridgehead atoms. The fourth-order valence-electron chi connectivity index (χ4n) is 2.55. The van der Waals surface area contributed by atoms with Gasteiger partial charge in [0.1, 0.15) is 0 Å². The van der Waals surface area contributed by atoms with Crippen LogP contribution < -0.4 is 5.32 Å². The molecule has 1 aromatic heterocycles. The number of nitrogens with zero attached hydrogens (tertiary/aromatic N) is 1. The van der Waals surface area contributed by atoms with Crippen LogP contribution >= 0.6 is 0 Å². The summed E-state index contributed by atoms with van der Waals surface area (Å²) in [6.45, 7) is 1.93. The standard InChI is InChI=1S/C21H18N2O2/c1-15-10-12-17(13-11-15)20(24)21(25)23-19(16-7-3-2-4-8-16)18-9-5-6-14-22-18/h2-14,19H,1H3,(H,23,25). The summed E-state index contributed by atoms with van der Waals surface area (Å²) >= 11 is 0. The number of amides is 1. The first-order valence-corrected chi connectivity index (χ1v) is 8.03. The van der Waals surface area contributed by atoms with Gasteiger partial charge in [0.25, 0.3) is 5.91 Å². The molecule has 0 aliphatic rings. The van der Waals surface area contributed by atoms with Crippen LogP contribution in [-0.2, 0) is 4.79 Å². The summed E-state index contributed by atoms with van der Waals surface area (Å²) in [6, 6.07) is 21.4. The Morgan fingerprint density at radius 1 is 0.880 bits per heavy atom. The van der Waals surface area contributed by atoms with Gasteiger partial charge >= 0.3 is 0 Å². The molecular weight excluding hydrogens is 312 g/mol. The fourth-order valence-corrected chi connectivity index (χ4v) is 2.55. The van der Waals surface area contributed by atoms with Crippen molar-refractivity contribution in [2.75, 3.05) is 0 Å². The van der Waals surface area contributed by atoms with E-state index in [9.17, 15) is 9.59 Å². The molecule has 1 atom stereocenters. The van der Waals surface area contributed by atoms with Crippen LogP contribution in [0.1, 0.15) is 33.2 Å². The van der Waals surface area contributed by atoms with E-state index in [0.29, 0.717) is 11.3 Å². The number of carbonyl (C=O) groups is 2. The van der Waals surface area contributed by atoms with E-state index in [-0.39, 0.29) is 0 Å². The Bertz CT molecular complexity index is 820. The third-order valence-electron chi connectivity index (χ3n) is 3.91. The number of hydrogen-bond acceptors (Lipinski definition) is 3. The number of aromatic nitrogens is 1. The molecule has 3 aromatic rings. The summed E-state index contributed by atoms with van der Waals surface area (Å²) in [7, 11) is 0. The molecule has 0 fully saturated rings. The number of aryl methyl sites for hydroxylation is 1. The third kappa shape index (κ3) is 3.98. The van der Waals surface area contributed by atoms with Gasteiger partial charge < -0.3 is 5.32 Å². The maximum absolute atomic E-state index is 12.5. The van der Waals surface area contributed by atoms with Crippen LogP contribution in [0, 0.1) is 6.92 Å². The van der Waals surface area contributed by atoms with E-state index < -0.39 is 17.7 Å². The number of rotatable bonds is 5. The molecule has 2 aromatic carbocycles. The van der Waals surface area contributed by atoms with Crippen LogP contribution in [0.4, 0.5) is 0 Å². The molecule has 4 nitrogen and oxygen atoms in total. The molecule has 0 aliphatic heterocycles. The Kier molecular flexibility index (Phi) is 5.00. The highest BCUT2D eigenvalue weighted by Crippen LogP contribution is 2.20. The van der Waals surface area contributed by atoms with Crippen LogP contribution in [0.2, 0.25) is 0 Å². The smallest absolute Gasteiger partial charge is 0.293 e. The third-order valence-corrected chi connectivity index (χ3v) is 3.91. The number of carbonyl (C=O) groups excluding carboxylic acids is 2. The predicted molar refractivity (Wildman–Crippen MR) is 96.2 cm³/mol. The number of pyridine rings is 1. The Morgan fingerprint density at radius 3 is 2.20 bits per heavy atom. The minimum atomic E-state index is -0.650. The highest BCUT2D eigenvalue weighted by molar-refractivity contribution is 6.42. The van der Waals surface area contributed by atoms with E-state index in [4.69, 9.17) is 0 Å². The molecule has 3 rings (SSSR count). The zero-order valence-electron chi connectivity index (χ0n) is 13.8. The average Bonchev–Trinajstić information content (AvgIpc) is 2.67. The maximum Gasteiger partial charge on any atom is 0.293 e. The number of hydrogen-bond donors (Lipinski definition) is 1. The zero-order valence-corrected chi connectivity index (χ0v) is 13.8. The molecule has 1 heterocycles. The van der Waals surface area contributed by atoms with Gasteiger partial charge in [0.2, 0.25) is 5.78 Å². The molecule has 1 N–H and O–H groups in total. The summed E-state index contributed by atoms with van der Waals surface area (Å²) in [5, 5.41) is 2.81. The van der Waals surface area contributed by atoms with Gasteiger partial charge in [-0.05, 0) is 24.6 Å². The molecule has 0 spiro atoms. The minimum absolute atomic E-state index is 0.371. The van der Waals surface area contributed by atoms with Crippen molar-refractivity contribution in [1.82, 2.24) is 10.3 Å². The topological polar surface area (TPSA) is 59.1 Å². The van der Waals surface area contributed by atoms with E-state index in [1.807, 2.05) is 67.6 Å². The molecule has 0 radical (unpaired) electrons. The molecule has 124 valence electrons. The van der Waals surface area contributed by atoms with Crippen molar-refractivity contribution in [1.29, 1.82) is 0 Å². The van der Waals surface area contributed by atoms with Crippen LogP contribution in [0.5, 0.6) is 0 Å². The van der Waals surface area contributed by atoms with E-state index in [1.54, 1.807) is 18.3 Å². The van der Waals surface area contributed by atoms with Gasteiger partial charge in [0.05, 0.1) is 11.7 Å². The second-order valence-corrected chi connectivity index (χ2v) is 5.77. The summed E-state index contributed by atoms with van der Waals surface area (Å²) in [4.78, 5) is 29.2. The first kappa shape index (κ1) is 16.6. The van der Waals surface area contributed by atoms with Gasteiger partial charge in [-0.1, -0.05) is 66.2 Å². The van der Waals surface area contributed by atoms with E-state index in [1.165, 1.54) is 0 Å². The quantitative estimate of drug-likeness (QED) is 0.575. The summed E-state index contributed by atoms with van der Waals surface area (Å²) < 4.78 is 0. The molecule has 25 heavy (non-hydrogen) atoms. The predicted octanol–water partition coefficient (Wildman–Crippen LogP) is 3.48. The average molecular weight is 330 g/mol. The number of benzene rings is 2. The van der Waals surface area contributed by atoms with Crippen molar-refractivity contribution >= 4 is 11.7 Å². The molecule has 1 amide bonds. The fraction of sp³-hybridized carbons (Fsp3) is 0.0952. The Morgan fingerprint density at radius 2 is 1.56 bits per heavy atom. The van der Waals surface area contributed by atoms with Crippen molar-refractivity contribution < 1.29 is 9.59 Å². The molecule has 1 unspecified atom stereocenters. The first-order valence-electron chi connectivity index (χ1n) is 8.03. The van der Waals surface area contributed by atoms with Crippen molar-refractivity contribution in [2.45, 2.75) is 13.0 Å². The van der Waals surface area contributed by atoms with E-state index in [2.05, 4.69) is 10.3 Å². The van der Waals surface area contributed by atoms with Crippen LogP contribution in [0.15, 0.2) is 79.0 Å². The van der Waals surface area contributed by atoms with Crippen LogP contribution in [0.25, 0.3) is 0 Å². The second kappa shape index (κ2) is 7.53. The Balaban J connectivity index is 1.86. The van der Waals surface area contributed by atoms with Gasteiger partial charge in [0, 0.05) is 11.8 Å². The lowest BCUT2D eigenvalue weighted by Gasteiger charge is -2.18. The van der Waals surface area contributed by atoms with Gasteiger partial charge in [0.15, 0.2) is 0 Å². The molecule has 0 saturated carbocycles. The molecule has 4 heteroatoms. The van der Waals surface area contributed by atoms with E-state index in [0.717, 1.165) is 11.1 Å². The summed E-state index contributed by atoms with van der Waals surface area (Å²) in [5.41, 5.74) is 2.95. The van der Waals surface area contributed by atoms with Gasteiger partial charge in [-0.25, -0.2) is 0 Å². The number of nitrogens with one attached hydrogen (secondary N) is 1. The van der Waals surface area contributed by atoms with Crippen molar-refractivity contribution in [3.8, 4) is 0 Å².